The van der Waals surface area contributed by atoms with Gasteiger partial charge in [0, 0.05) is 19.4 Å². The molecule has 0 aliphatic carbocycles. The maximum absolute atomic E-state index is 14.4. The quantitative estimate of drug-likeness (QED) is 0.124. The van der Waals surface area contributed by atoms with Crippen LogP contribution in [0, 0.1) is 5.92 Å². The number of urea groups is 1. The van der Waals surface area contributed by atoms with E-state index in [1.54, 1.807) is 43.3 Å². The lowest BCUT2D eigenvalue weighted by atomic mass is 9.89. The largest absolute Gasteiger partial charge is 0.460 e. The fourth-order valence-electron chi connectivity index (χ4n) is 4.74. The summed E-state index contributed by atoms with van der Waals surface area (Å²) in [7, 11) is 1.42. The summed E-state index contributed by atoms with van der Waals surface area (Å²) >= 11 is 0. The van der Waals surface area contributed by atoms with Crippen LogP contribution in [0.5, 0.6) is 0 Å². The van der Waals surface area contributed by atoms with Crippen molar-refractivity contribution in [1.29, 1.82) is 0 Å². The van der Waals surface area contributed by atoms with E-state index in [0.29, 0.717) is 24.8 Å². The Morgan fingerprint density at radius 3 is 2.05 bits per heavy atom. The number of amides is 3. The number of hydrogen-bond donors (Lipinski definition) is 0. The zero-order valence-corrected chi connectivity index (χ0v) is 22.2. The van der Waals surface area contributed by atoms with E-state index < -0.39 is 66.7 Å². The van der Waals surface area contributed by atoms with Crippen LogP contribution >= 0.6 is 0 Å². The van der Waals surface area contributed by atoms with Crippen molar-refractivity contribution < 1.29 is 49.1 Å². The Morgan fingerprint density at radius 1 is 0.925 bits per heavy atom. The van der Waals surface area contributed by atoms with Crippen molar-refractivity contribution in [2.24, 2.45) is 5.92 Å². The first-order valence-corrected chi connectivity index (χ1v) is 12.9. The minimum atomic E-state index is -7.00. The monoisotopic (exact) mass is 588 g/mol. The number of imide groups is 1. The van der Waals surface area contributed by atoms with Crippen molar-refractivity contribution in [3.63, 3.8) is 0 Å². The van der Waals surface area contributed by atoms with Crippen molar-refractivity contribution in [3.8, 4) is 0 Å². The van der Waals surface area contributed by atoms with E-state index in [1.165, 1.54) is 11.9 Å². The van der Waals surface area contributed by atoms with Crippen LogP contribution in [0.25, 0.3) is 0 Å². The van der Waals surface area contributed by atoms with Gasteiger partial charge in [0.25, 0.3) is 0 Å². The molecule has 3 atom stereocenters. The van der Waals surface area contributed by atoms with E-state index in [-0.39, 0.29) is 12.8 Å². The van der Waals surface area contributed by atoms with Gasteiger partial charge in [0.15, 0.2) is 0 Å². The van der Waals surface area contributed by atoms with Gasteiger partial charge in [0.05, 0.1) is 12.1 Å². The third-order valence-electron chi connectivity index (χ3n) is 7.31. The lowest BCUT2D eigenvalue weighted by Crippen LogP contribution is -2.60. The first kappa shape index (κ1) is 33.5. The summed E-state index contributed by atoms with van der Waals surface area (Å²) in [6, 6.07) is 6.06. The molecule has 0 saturated carbocycles. The summed E-state index contributed by atoms with van der Waals surface area (Å²) in [4.78, 5) is 28.7. The van der Waals surface area contributed by atoms with Crippen molar-refractivity contribution in [1.82, 2.24) is 9.80 Å². The Labute approximate surface area is 227 Å². The maximum Gasteiger partial charge on any atom is 0.460 e. The second-order valence-electron chi connectivity index (χ2n) is 10.1. The zero-order chi connectivity index (χ0) is 30.5. The molecule has 1 aliphatic heterocycles. The van der Waals surface area contributed by atoms with Crippen LogP contribution in [0.2, 0.25) is 0 Å². The van der Waals surface area contributed by atoms with Crippen LogP contribution in [0.3, 0.4) is 0 Å². The van der Waals surface area contributed by atoms with E-state index in [4.69, 9.17) is 0 Å². The van der Waals surface area contributed by atoms with E-state index >= 15 is 0 Å². The average molecular weight is 589 g/mol. The van der Waals surface area contributed by atoms with Crippen molar-refractivity contribution in [2.75, 3.05) is 7.05 Å². The summed E-state index contributed by atoms with van der Waals surface area (Å²) in [5, 5.41) is 0. The topological polar surface area (TPSA) is 40.6 Å². The highest BCUT2D eigenvalue weighted by Gasteiger charge is 2.81. The van der Waals surface area contributed by atoms with Crippen molar-refractivity contribution >= 4 is 11.9 Å². The van der Waals surface area contributed by atoms with Crippen molar-refractivity contribution in [3.05, 3.63) is 48.6 Å². The highest BCUT2D eigenvalue weighted by molar-refractivity contribution is 5.98. The lowest BCUT2D eigenvalue weighted by Gasteiger charge is -2.34. The van der Waals surface area contributed by atoms with Gasteiger partial charge in [0.2, 0.25) is 5.91 Å². The molecule has 1 aromatic rings. The molecule has 1 saturated heterocycles. The zero-order valence-electron chi connectivity index (χ0n) is 22.2. The maximum atomic E-state index is 14.4. The normalized spacial score (nSPS) is 19.7. The Kier molecular flexibility index (Phi) is 10.7. The molecule has 0 unspecified atom stereocenters. The van der Waals surface area contributed by atoms with Crippen LogP contribution in [-0.2, 0) is 4.79 Å². The first-order chi connectivity index (χ1) is 18.4. The van der Waals surface area contributed by atoms with Crippen LogP contribution < -0.4 is 0 Å². The summed E-state index contributed by atoms with van der Waals surface area (Å²) in [6.07, 6.45) is -5.81. The predicted molar refractivity (Wildman–Crippen MR) is 130 cm³/mol. The molecule has 13 heteroatoms. The minimum absolute atomic E-state index is 0.159. The SMILES string of the molecule is C=CCCCCCC[C@H](CCC(F)(F)C(F)(F)C(F)(F)C(F)(F)F)C(=O)N1C(=O)N(C)[C@H](C)[C@H]1c1ccccc1. The van der Waals surface area contributed by atoms with E-state index in [1.807, 2.05) is 0 Å². The smallest absolute Gasteiger partial charge is 0.322 e. The molecule has 0 N–H and O–H groups in total. The molecule has 4 nitrogen and oxygen atoms in total. The van der Waals surface area contributed by atoms with Gasteiger partial charge in [-0.3, -0.25) is 9.69 Å². The second-order valence-corrected chi connectivity index (χ2v) is 10.1. The van der Waals surface area contributed by atoms with Gasteiger partial charge in [-0.2, -0.15) is 39.5 Å². The number of halogens is 9. The van der Waals surface area contributed by atoms with Crippen molar-refractivity contribution in [2.45, 2.75) is 94.3 Å². The molecule has 0 aromatic heterocycles. The molecular formula is C27H33F9N2O2. The Bertz CT molecular complexity index is 1020. The van der Waals surface area contributed by atoms with Crippen LogP contribution in [0.1, 0.15) is 69.9 Å². The number of carbonyl (C=O) groups is 2. The highest BCUT2D eigenvalue weighted by atomic mass is 19.4. The molecule has 1 heterocycles. The highest BCUT2D eigenvalue weighted by Crippen LogP contribution is 2.54. The molecule has 1 aliphatic rings. The Morgan fingerprint density at radius 2 is 1.50 bits per heavy atom. The summed E-state index contributed by atoms with van der Waals surface area (Å²) in [6.45, 7) is 5.23. The van der Waals surface area contributed by atoms with Gasteiger partial charge < -0.3 is 4.90 Å². The van der Waals surface area contributed by atoms with Gasteiger partial charge in [-0.05, 0) is 38.2 Å². The second kappa shape index (κ2) is 12.8. The molecule has 0 spiro atoms. The van der Waals surface area contributed by atoms with E-state index in [0.717, 1.165) is 11.3 Å². The molecular weight excluding hydrogens is 555 g/mol. The van der Waals surface area contributed by atoms with Gasteiger partial charge >= 0.3 is 30.0 Å². The number of rotatable bonds is 14. The number of alkyl halides is 9. The number of hydrogen-bond acceptors (Lipinski definition) is 2. The summed E-state index contributed by atoms with van der Waals surface area (Å²) in [5.41, 5.74) is 0.533. The number of carbonyl (C=O) groups excluding carboxylic acids is 2. The molecule has 0 bridgehead atoms. The van der Waals surface area contributed by atoms with Crippen LogP contribution in [-0.4, -0.2) is 58.8 Å². The molecule has 0 radical (unpaired) electrons. The predicted octanol–water partition coefficient (Wildman–Crippen LogP) is 8.40. The average Bonchev–Trinajstić information content (AvgIpc) is 3.10. The summed E-state index contributed by atoms with van der Waals surface area (Å²) in [5.74, 6) is -22.1. The van der Waals surface area contributed by atoms with E-state index in [2.05, 4.69) is 6.58 Å². The molecule has 1 aromatic carbocycles. The first-order valence-electron chi connectivity index (χ1n) is 12.9. The number of allylic oxidation sites excluding steroid dienone is 1. The molecule has 1 fully saturated rings. The number of likely N-dealkylation sites (N-methyl/N-ethyl adjacent to an activating group) is 1. The van der Waals surface area contributed by atoms with Crippen LogP contribution in [0.4, 0.5) is 44.3 Å². The molecule has 226 valence electrons. The third kappa shape index (κ3) is 6.76. The molecule has 3 amide bonds. The summed E-state index contributed by atoms with van der Waals surface area (Å²) < 4.78 is 121. The Hall–Kier alpha value is -2.73. The minimum Gasteiger partial charge on any atom is -0.322 e. The van der Waals surface area contributed by atoms with Gasteiger partial charge in [-0.25, -0.2) is 4.79 Å². The number of unbranched alkanes of at least 4 members (excludes halogenated alkanes) is 4. The van der Waals surface area contributed by atoms with Crippen LogP contribution in [0.15, 0.2) is 43.0 Å². The Balaban J connectivity index is 2.35. The van der Waals surface area contributed by atoms with Gasteiger partial charge in [-0.15, -0.1) is 6.58 Å². The fourth-order valence-corrected chi connectivity index (χ4v) is 4.74. The third-order valence-corrected chi connectivity index (χ3v) is 7.31. The number of nitrogens with zero attached hydrogens (tertiary/aromatic N) is 2. The lowest BCUT2D eigenvalue weighted by molar-refractivity contribution is -0.396. The fraction of sp³-hybridized carbons (Fsp3) is 0.630. The number of benzene rings is 1. The van der Waals surface area contributed by atoms with Gasteiger partial charge in [0.1, 0.15) is 0 Å². The van der Waals surface area contributed by atoms with Gasteiger partial charge in [-0.1, -0.05) is 55.7 Å². The molecule has 2 rings (SSSR count). The van der Waals surface area contributed by atoms with E-state index in [9.17, 15) is 49.1 Å². The standard InChI is InChI=1S/C27H33F9N2O2/c1-4-5-6-7-8-10-15-20(16-17-24(28,29)25(30,31)26(32,33)27(34,35)36)22(39)38-21(18(2)37(3)23(38)40)19-13-11-9-12-14-19/h4,9,11-14,18,20-21H,1,5-8,10,15-17H2,2-3H3/t18-,20-,21+/m1/s1. The molecule has 40 heavy (non-hydrogen) atoms.